The fourth-order valence-electron chi connectivity index (χ4n) is 3.55. The van der Waals surface area contributed by atoms with Gasteiger partial charge < -0.3 is 19.6 Å². The summed E-state index contributed by atoms with van der Waals surface area (Å²) in [5.74, 6) is -5.23. The highest BCUT2D eigenvalue weighted by Crippen LogP contribution is 2.30. The fourth-order valence-corrected chi connectivity index (χ4v) is 3.66. The number of carbonyl (C=O) groups is 5. The Morgan fingerprint density at radius 2 is 1.90 bits per heavy atom. The molecule has 0 bridgehead atoms. The van der Waals surface area contributed by atoms with Crippen molar-refractivity contribution in [1.29, 1.82) is 0 Å². The largest absolute Gasteiger partial charge is 0.468 e. The Bertz CT molecular complexity index is 906. The lowest BCUT2D eigenvalue weighted by molar-refractivity contribution is -0.155. The van der Waals surface area contributed by atoms with E-state index in [0.29, 0.717) is 4.90 Å². The van der Waals surface area contributed by atoms with Crippen molar-refractivity contribution in [2.75, 3.05) is 33.8 Å². The molecule has 12 heteroatoms. The zero-order valence-corrected chi connectivity index (χ0v) is 16.9. The Morgan fingerprint density at radius 1 is 1.20 bits per heavy atom. The molecule has 160 valence electrons. The highest BCUT2D eigenvalue weighted by Gasteiger charge is 2.55. The third-order valence-electron chi connectivity index (χ3n) is 5.17. The van der Waals surface area contributed by atoms with E-state index in [0.717, 1.165) is 16.9 Å². The first-order valence-electron chi connectivity index (χ1n) is 8.95. The van der Waals surface area contributed by atoms with Gasteiger partial charge in [0.2, 0.25) is 11.8 Å². The van der Waals surface area contributed by atoms with Gasteiger partial charge in [0.15, 0.2) is 0 Å². The van der Waals surface area contributed by atoms with Crippen LogP contribution in [0.25, 0.3) is 0 Å². The quantitative estimate of drug-likeness (QED) is 0.342. The summed E-state index contributed by atoms with van der Waals surface area (Å²) < 4.78 is 4.58. The number of imide groups is 1. The molecule has 30 heavy (non-hydrogen) atoms. The van der Waals surface area contributed by atoms with Gasteiger partial charge in [-0.05, 0) is 12.1 Å². The predicted molar refractivity (Wildman–Crippen MR) is 99.9 cm³/mol. The molecule has 0 saturated carbocycles. The number of nitrogens with zero attached hydrogens (tertiary/aromatic N) is 4. The van der Waals surface area contributed by atoms with Crippen LogP contribution in [0.15, 0.2) is 18.3 Å². The van der Waals surface area contributed by atoms with Crippen molar-refractivity contribution in [3.8, 4) is 0 Å². The van der Waals surface area contributed by atoms with Crippen LogP contribution in [-0.2, 0) is 23.9 Å². The summed E-state index contributed by atoms with van der Waals surface area (Å²) in [6.07, 6.45) is -0.579. The van der Waals surface area contributed by atoms with Gasteiger partial charge in [-0.3, -0.25) is 28.9 Å². The first kappa shape index (κ1) is 21.7. The maximum atomic E-state index is 13.2. The fraction of sp³-hybridized carbons (Fsp3) is 0.444. The van der Waals surface area contributed by atoms with Crippen LogP contribution >= 0.6 is 11.6 Å². The second-order valence-corrected chi connectivity index (χ2v) is 7.24. The number of amides is 4. The molecule has 0 radical (unpaired) electrons. The van der Waals surface area contributed by atoms with Crippen LogP contribution in [0.4, 0.5) is 0 Å². The molecule has 1 N–H and O–H groups in total. The standard InChI is InChI=1S/C18H19ClN4O7/c1-21-16(27)12(14(25)18(21)29)13-17(28)22(8-11(24)30-2)5-6-23(13)15(26)9-3-4-10(19)20-7-9/h3-4,7,12-14,25H,5-6,8H2,1-2H3. The van der Waals surface area contributed by atoms with Gasteiger partial charge in [0.1, 0.15) is 29.8 Å². The molecule has 0 aliphatic carbocycles. The van der Waals surface area contributed by atoms with Crippen molar-refractivity contribution in [2.45, 2.75) is 12.1 Å². The Kier molecular flexibility index (Phi) is 6.04. The number of carbonyl (C=O) groups excluding carboxylic acids is 5. The van der Waals surface area contributed by atoms with E-state index in [-0.39, 0.29) is 23.8 Å². The molecular formula is C18H19ClN4O7. The molecular weight excluding hydrogens is 420 g/mol. The number of likely N-dealkylation sites (tertiary alicyclic amines) is 1. The zero-order valence-electron chi connectivity index (χ0n) is 16.1. The van der Waals surface area contributed by atoms with E-state index in [1.54, 1.807) is 0 Å². The van der Waals surface area contributed by atoms with Gasteiger partial charge in [0.05, 0.1) is 12.7 Å². The topological polar surface area (TPSA) is 137 Å². The van der Waals surface area contributed by atoms with Gasteiger partial charge in [-0.15, -0.1) is 0 Å². The van der Waals surface area contributed by atoms with E-state index < -0.39 is 54.2 Å². The van der Waals surface area contributed by atoms with E-state index in [1.807, 2.05) is 0 Å². The Labute approximate surface area is 176 Å². The van der Waals surface area contributed by atoms with Crippen LogP contribution < -0.4 is 0 Å². The van der Waals surface area contributed by atoms with E-state index in [2.05, 4.69) is 9.72 Å². The molecule has 1 aromatic rings. The monoisotopic (exact) mass is 438 g/mol. The lowest BCUT2D eigenvalue weighted by atomic mass is 9.90. The molecule has 11 nitrogen and oxygen atoms in total. The number of piperazine rings is 1. The van der Waals surface area contributed by atoms with Gasteiger partial charge in [-0.25, -0.2) is 4.98 Å². The van der Waals surface area contributed by atoms with Crippen molar-refractivity contribution in [3.05, 3.63) is 29.0 Å². The zero-order chi connectivity index (χ0) is 22.2. The number of hydrogen-bond acceptors (Lipinski definition) is 8. The number of aliphatic hydroxyl groups is 1. The second kappa shape index (κ2) is 8.36. The number of methoxy groups -OCH3 is 1. The highest BCUT2D eigenvalue weighted by atomic mass is 35.5. The maximum Gasteiger partial charge on any atom is 0.325 e. The minimum atomic E-state index is -1.80. The number of esters is 1. The van der Waals surface area contributed by atoms with Crippen LogP contribution in [0.2, 0.25) is 5.15 Å². The average molecular weight is 439 g/mol. The van der Waals surface area contributed by atoms with Crippen LogP contribution in [0.3, 0.4) is 0 Å². The SMILES string of the molecule is COC(=O)CN1CCN(C(=O)c2ccc(Cl)nc2)C(C2C(=O)N(C)C(=O)C2O)C1=O. The highest BCUT2D eigenvalue weighted by molar-refractivity contribution is 6.29. The molecule has 2 aliphatic rings. The third-order valence-corrected chi connectivity index (χ3v) is 5.40. The number of ether oxygens (including phenoxy) is 1. The molecule has 3 rings (SSSR count). The average Bonchev–Trinajstić information content (AvgIpc) is 2.92. The number of aromatic nitrogens is 1. The van der Waals surface area contributed by atoms with E-state index in [4.69, 9.17) is 11.6 Å². The summed E-state index contributed by atoms with van der Waals surface area (Å²) in [5, 5.41) is 10.5. The number of aliphatic hydroxyl groups excluding tert-OH is 1. The minimum Gasteiger partial charge on any atom is -0.468 e. The Hall–Kier alpha value is -3.05. The van der Waals surface area contributed by atoms with Crippen LogP contribution in [-0.4, -0.2) is 100 Å². The lowest BCUT2D eigenvalue weighted by Crippen LogP contribution is -2.64. The molecule has 3 unspecified atom stereocenters. The molecule has 1 aromatic heterocycles. The van der Waals surface area contributed by atoms with Crippen molar-refractivity contribution in [1.82, 2.24) is 19.7 Å². The van der Waals surface area contributed by atoms with E-state index in [1.165, 1.54) is 25.4 Å². The summed E-state index contributed by atoms with van der Waals surface area (Å²) >= 11 is 5.75. The van der Waals surface area contributed by atoms with E-state index >= 15 is 0 Å². The van der Waals surface area contributed by atoms with Gasteiger partial charge >= 0.3 is 5.97 Å². The molecule has 3 heterocycles. The molecule has 3 atom stereocenters. The molecule has 0 aromatic carbocycles. The van der Waals surface area contributed by atoms with Crippen molar-refractivity contribution < 1.29 is 33.8 Å². The summed E-state index contributed by atoms with van der Waals surface area (Å²) in [7, 11) is 2.35. The molecule has 0 spiro atoms. The number of likely N-dealkylation sites (N-methyl/N-ethyl adjacent to an activating group) is 1. The summed E-state index contributed by atoms with van der Waals surface area (Å²) in [6.45, 7) is -0.432. The van der Waals surface area contributed by atoms with Crippen LogP contribution in [0, 0.1) is 5.92 Å². The van der Waals surface area contributed by atoms with Crippen molar-refractivity contribution >= 4 is 41.2 Å². The van der Waals surface area contributed by atoms with E-state index in [9.17, 15) is 29.1 Å². The molecule has 2 aliphatic heterocycles. The Balaban J connectivity index is 1.99. The van der Waals surface area contributed by atoms with Crippen molar-refractivity contribution in [3.63, 3.8) is 0 Å². The maximum absolute atomic E-state index is 13.2. The van der Waals surface area contributed by atoms with Gasteiger partial charge in [0, 0.05) is 26.3 Å². The van der Waals surface area contributed by atoms with Gasteiger partial charge in [-0.2, -0.15) is 0 Å². The lowest BCUT2D eigenvalue weighted by Gasteiger charge is -2.42. The number of hydrogen-bond donors (Lipinski definition) is 1. The van der Waals surface area contributed by atoms with Gasteiger partial charge in [-0.1, -0.05) is 11.6 Å². The second-order valence-electron chi connectivity index (χ2n) is 6.86. The summed E-state index contributed by atoms with van der Waals surface area (Å²) in [5.41, 5.74) is 0.109. The Morgan fingerprint density at radius 3 is 2.43 bits per heavy atom. The van der Waals surface area contributed by atoms with Crippen molar-refractivity contribution in [2.24, 2.45) is 5.92 Å². The molecule has 4 amide bonds. The van der Waals surface area contributed by atoms with Gasteiger partial charge in [0.25, 0.3) is 11.8 Å². The summed E-state index contributed by atoms with van der Waals surface area (Å²) in [4.78, 5) is 69.4. The molecule has 2 fully saturated rings. The molecule has 2 saturated heterocycles. The summed E-state index contributed by atoms with van der Waals surface area (Å²) in [6, 6.07) is 1.32. The third kappa shape index (κ3) is 3.73. The van der Waals surface area contributed by atoms with Crippen LogP contribution in [0.1, 0.15) is 10.4 Å². The number of halogens is 1. The normalized spacial score (nSPS) is 24.5. The van der Waals surface area contributed by atoms with Crippen LogP contribution in [0.5, 0.6) is 0 Å². The predicted octanol–water partition coefficient (Wildman–Crippen LogP) is -1.46. The minimum absolute atomic E-state index is 0.00200. The first-order valence-corrected chi connectivity index (χ1v) is 9.32. The number of rotatable bonds is 4. The first-order chi connectivity index (χ1) is 14.2. The number of pyridine rings is 1. The smallest absolute Gasteiger partial charge is 0.325 e.